The van der Waals surface area contributed by atoms with Gasteiger partial charge in [-0.15, -0.1) is 0 Å². The third kappa shape index (κ3) is 4.33. The maximum absolute atomic E-state index is 11.8. The smallest absolute Gasteiger partial charge is 0.329 e. The number of nitrogens with one attached hydrogen (secondary N) is 1. The summed E-state index contributed by atoms with van der Waals surface area (Å²) in [6.45, 7) is 1.39. The normalized spacial score (nSPS) is 20.6. The summed E-state index contributed by atoms with van der Waals surface area (Å²) in [6.07, 6.45) is 9.91. The van der Waals surface area contributed by atoms with E-state index in [4.69, 9.17) is 0 Å². The standard InChI is InChI=1S/C14H23N3O2/c18-13(14(19)17-10-6-7-11-17)16-15-12-8-4-2-1-3-5-9-12/h1-11H2,(H,16,18). The topological polar surface area (TPSA) is 61.8 Å². The van der Waals surface area contributed by atoms with Crippen LogP contribution in [0.4, 0.5) is 0 Å². The average Bonchev–Trinajstić information content (AvgIpc) is 2.90. The number of nitrogens with zero attached hydrogens (tertiary/aromatic N) is 2. The van der Waals surface area contributed by atoms with Gasteiger partial charge in [-0.3, -0.25) is 9.59 Å². The fraction of sp³-hybridized carbons (Fsp3) is 0.786. The second-order valence-corrected chi connectivity index (χ2v) is 5.39. The lowest BCUT2D eigenvalue weighted by atomic mass is 9.99. The largest absolute Gasteiger partial charge is 0.334 e. The summed E-state index contributed by atoms with van der Waals surface area (Å²) in [5, 5.41) is 4.15. The van der Waals surface area contributed by atoms with E-state index in [2.05, 4.69) is 10.5 Å². The summed E-state index contributed by atoms with van der Waals surface area (Å²) in [4.78, 5) is 25.1. The van der Waals surface area contributed by atoms with Crippen LogP contribution in [0.3, 0.4) is 0 Å². The fourth-order valence-corrected chi connectivity index (χ4v) is 2.67. The Kier molecular flexibility index (Phi) is 5.36. The Balaban J connectivity index is 1.81. The van der Waals surface area contributed by atoms with E-state index in [9.17, 15) is 9.59 Å². The van der Waals surface area contributed by atoms with Crippen molar-refractivity contribution in [3.63, 3.8) is 0 Å². The molecular formula is C14H23N3O2. The maximum atomic E-state index is 11.8. The molecule has 106 valence electrons. The Hall–Kier alpha value is -1.39. The van der Waals surface area contributed by atoms with E-state index in [-0.39, 0.29) is 0 Å². The first-order chi connectivity index (χ1) is 9.27. The van der Waals surface area contributed by atoms with Crippen LogP contribution >= 0.6 is 0 Å². The highest BCUT2D eigenvalue weighted by molar-refractivity contribution is 6.35. The van der Waals surface area contributed by atoms with Crippen molar-refractivity contribution >= 4 is 17.5 Å². The molecule has 0 radical (unpaired) electrons. The van der Waals surface area contributed by atoms with Crippen LogP contribution in [0.1, 0.15) is 57.8 Å². The van der Waals surface area contributed by atoms with Crippen molar-refractivity contribution in [3.05, 3.63) is 0 Å². The fourth-order valence-electron chi connectivity index (χ4n) is 2.67. The number of likely N-dealkylation sites (tertiary alicyclic amines) is 1. The molecule has 0 aromatic rings. The lowest BCUT2D eigenvalue weighted by Crippen LogP contribution is -2.40. The van der Waals surface area contributed by atoms with Crippen molar-refractivity contribution in [3.8, 4) is 0 Å². The zero-order chi connectivity index (χ0) is 13.5. The molecule has 0 bridgehead atoms. The summed E-state index contributed by atoms with van der Waals surface area (Å²) >= 11 is 0. The van der Waals surface area contributed by atoms with Crippen LogP contribution in [0, 0.1) is 0 Å². The highest BCUT2D eigenvalue weighted by Gasteiger charge is 2.24. The second kappa shape index (κ2) is 7.26. The minimum absolute atomic E-state index is 0.437. The van der Waals surface area contributed by atoms with Gasteiger partial charge in [0.25, 0.3) is 0 Å². The molecule has 0 atom stereocenters. The number of hydrogen-bond donors (Lipinski definition) is 1. The highest BCUT2D eigenvalue weighted by atomic mass is 16.2. The van der Waals surface area contributed by atoms with Crippen LogP contribution in [0.5, 0.6) is 0 Å². The van der Waals surface area contributed by atoms with Crippen molar-refractivity contribution < 1.29 is 9.59 Å². The molecule has 1 N–H and O–H groups in total. The van der Waals surface area contributed by atoms with Crippen LogP contribution < -0.4 is 5.43 Å². The molecule has 5 heteroatoms. The maximum Gasteiger partial charge on any atom is 0.329 e. The Bertz CT molecular complexity index is 350. The summed E-state index contributed by atoms with van der Waals surface area (Å²) in [5.41, 5.74) is 3.46. The van der Waals surface area contributed by atoms with Gasteiger partial charge >= 0.3 is 11.8 Å². The van der Waals surface area contributed by atoms with Crippen LogP contribution in [0.25, 0.3) is 0 Å². The quantitative estimate of drug-likeness (QED) is 0.580. The van der Waals surface area contributed by atoms with Gasteiger partial charge in [0.2, 0.25) is 0 Å². The monoisotopic (exact) mass is 265 g/mol. The van der Waals surface area contributed by atoms with E-state index < -0.39 is 11.8 Å². The van der Waals surface area contributed by atoms with Gasteiger partial charge in [-0.1, -0.05) is 19.3 Å². The zero-order valence-electron chi connectivity index (χ0n) is 11.5. The van der Waals surface area contributed by atoms with E-state index in [1.807, 2.05) is 0 Å². The number of hydrogen-bond acceptors (Lipinski definition) is 3. The summed E-state index contributed by atoms with van der Waals surface area (Å²) in [5.74, 6) is -1.02. The molecule has 0 unspecified atom stereocenters. The van der Waals surface area contributed by atoms with Crippen LogP contribution in [0.15, 0.2) is 5.10 Å². The molecule has 1 aliphatic carbocycles. The first kappa shape index (κ1) is 14.0. The van der Waals surface area contributed by atoms with Crippen molar-refractivity contribution in [2.75, 3.05) is 13.1 Å². The molecule has 1 saturated carbocycles. The van der Waals surface area contributed by atoms with E-state index in [1.165, 1.54) is 19.3 Å². The van der Waals surface area contributed by atoms with Gasteiger partial charge in [-0.25, -0.2) is 5.43 Å². The lowest BCUT2D eigenvalue weighted by Gasteiger charge is -2.14. The summed E-state index contributed by atoms with van der Waals surface area (Å²) in [7, 11) is 0. The minimum Gasteiger partial charge on any atom is -0.334 e. The van der Waals surface area contributed by atoms with E-state index in [0.717, 1.165) is 44.2 Å². The minimum atomic E-state index is -0.587. The van der Waals surface area contributed by atoms with Gasteiger partial charge in [0, 0.05) is 18.8 Å². The molecule has 0 spiro atoms. The van der Waals surface area contributed by atoms with Gasteiger partial charge < -0.3 is 4.90 Å². The molecule has 2 rings (SSSR count). The molecule has 1 heterocycles. The molecule has 0 aromatic heterocycles. The Morgan fingerprint density at radius 3 is 2.11 bits per heavy atom. The van der Waals surface area contributed by atoms with Gasteiger partial charge in [0.15, 0.2) is 0 Å². The number of hydrazone groups is 1. The van der Waals surface area contributed by atoms with Crippen molar-refractivity contribution in [1.82, 2.24) is 10.3 Å². The number of rotatable bonds is 1. The second-order valence-electron chi connectivity index (χ2n) is 5.39. The molecule has 2 aliphatic rings. The third-order valence-corrected chi connectivity index (χ3v) is 3.83. The van der Waals surface area contributed by atoms with Crippen molar-refractivity contribution in [1.29, 1.82) is 0 Å². The number of carbonyl (C=O) groups excluding carboxylic acids is 2. The predicted molar refractivity (Wildman–Crippen MR) is 73.7 cm³/mol. The Morgan fingerprint density at radius 2 is 1.47 bits per heavy atom. The van der Waals surface area contributed by atoms with E-state index >= 15 is 0 Å². The predicted octanol–water partition coefficient (Wildman–Crippen LogP) is 1.83. The third-order valence-electron chi connectivity index (χ3n) is 3.83. The van der Waals surface area contributed by atoms with Crippen LogP contribution in [-0.4, -0.2) is 35.5 Å². The van der Waals surface area contributed by atoms with Crippen LogP contribution in [0.2, 0.25) is 0 Å². The molecule has 2 amide bonds. The molecular weight excluding hydrogens is 242 g/mol. The van der Waals surface area contributed by atoms with Crippen molar-refractivity contribution in [2.24, 2.45) is 5.10 Å². The molecule has 19 heavy (non-hydrogen) atoms. The molecule has 2 fully saturated rings. The van der Waals surface area contributed by atoms with Crippen molar-refractivity contribution in [2.45, 2.75) is 57.8 Å². The van der Waals surface area contributed by atoms with Gasteiger partial charge in [-0.2, -0.15) is 5.10 Å². The van der Waals surface area contributed by atoms with E-state index in [0.29, 0.717) is 13.1 Å². The van der Waals surface area contributed by atoms with Crippen LogP contribution in [-0.2, 0) is 9.59 Å². The lowest BCUT2D eigenvalue weighted by molar-refractivity contribution is -0.145. The number of amides is 2. The highest BCUT2D eigenvalue weighted by Crippen LogP contribution is 2.14. The number of carbonyl (C=O) groups is 2. The van der Waals surface area contributed by atoms with Gasteiger partial charge in [0.05, 0.1) is 0 Å². The molecule has 0 aromatic carbocycles. The summed E-state index contributed by atoms with van der Waals surface area (Å²) < 4.78 is 0. The average molecular weight is 265 g/mol. The Morgan fingerprint density at radius 1 is 0.895 bits per heavy atom. The zero-order valence-corrected chi connectivity index (χ0v) is 11.5. The first-order valence-electron chi connectivity index (χ1n) is 7.42. The first-order valence-corrected chi connectivity index (χ1v) is 7.42. The van der Waals surface area contributed by atoms with Gasteiger partial charge in [0.1, 0.15) is 0 Å². The summed E-state index contributed by atoms with van der Waals surface area (Å²) in [6, 6.07) is 0. The van der Waals surface area contributed by atoms with Gasteiger partial charge in [-0.05, 0) is 38.5 Å². The Labute approximate surface area is 114 Å². The molecule has 1 aliphatic heterocycles. The SMILES string of the molecule is O=C(NN=C1CCCCCCC1)C(=O)N1CCCC1. The molecule has 5 nitrogen and oxygen atoms in total. The molecule has 1 saturated heterocycles. The van der Waals surface area contributed by atoms with E-state index in [1.54, 1.807) is 4.90 Å².